The van der Waals surface area contributed by atoms with Crippen molar-refractivity contribution in [3.05, 3.63) is 291 Å². The van der Waals surface area contributed by atoms with Crippen LogP contribution in [-0.4, -0.2) is 32.2 Å². The molecule has 11 aromatic carbocycles. The van der Waals surface area contributed by atoms with Gasteiger partial charge in [-0.25, -0.2) is 4.98 Å². The Morgan fingerprint density at radius 3 is 1.59 bits per heavy atom. The Labute approximate surface area is 452 Å². The summed E-state index contributed by atoms with van der Waals surface area (Å²) in [7, 11) is -2.91. The maximum Gasteiger partial charge on any atom is 0.238 e. The SMILES string of the molecule is c1ccc(-c2nc(-c3cccc([Si](c4ccccc4)(c4ccccc4)c4ccccc4)c3)nc(-n3c4ccc(N5c6ccccc6OC5c5ccccc5)cc4c4c3ccc3c5ccccc5n(-c5ccccc5)c34)n2)cc1. The van der Waals surface area contributed by atoms with E-state index in [4.69, 9.17) is 19.7 Å². The number of rotatable bonds is 10. The minimum Gasteiger partial charge on any atom is -0.464 e. The van der Waals surface area contributed by atoms with Gasteiger partial charge in [-0.2, -0.15) is 9.97 Å². The second-order valence-corrected chi connectivity index (χ2v) is 23.7. The van der Waals surface area contributed by atoms with E-state index >= 15 is 0 Å². The molecule has 7 nitrogen and oxygen atoms in total. The number of para-hydroxylation sites is 4. The molecule has 0 bridgehead atoms. The van der Waals surface area contributed by atoms with Crippen molar-refractivity contribution in [2.24, 2.45) is 0 Å². The number of nitrogens with zero attached hydrogens (tertiary/aromatic N) is 6. The van der Waals surface area contributed by atoms with Crippen molar-refractivity contribution in [2.75, 3.05) is 4.90 Å². The van der Waals surface area contributed by atoms with Crippen LogP contribution in [-0.2, 0) is 0 Å². The van der Waals surface area contributed by atoms with Gasteiger partial charge in [0.1, 0.15) is 5.75 Å². The molecule has 1 unspecified atom stereocenters. The van der Waals surface area contributed by atoms with E-state index < -0.39 is 8.07 Å². The molecule has 0 saturated carbocycles. The van der Waals surface area contributed by atoms with Gasteiger partial charge in [-0.15, -0.1) is 0 Å². The zero-order valence-corrected chi connectivity index (χ0v) is 43.3. The zero-order valence-electron chi connectivity index (χ0n) is 42.3. The molecule has 1 aliphatic rings. The van der Waals surface area contributed by atoms with Crippen molar-refractivity contribution in [3.63, 3.8) is 0 Å². The fourth-order valence-electron chi connectivity index (χ4n) is 12.2. The van der Waals surface area contributed by atoms with Gasteiger partial charge in [0.25, 0.3) is 0 Å². The van der Waals surface area contributed by atoms with E-state index in [1.807, 2.05) is 24.3 Å². The standard InChI is InChI=1S/C70H48N6OSi/c1-7-24-48(25-8-1)67-71-68(50-28-23-37-56(46-50)78(53-31-13-4-14-32-53,54-33-15-5-16-34-54)55-35-17-6-18-36-55)73-70(72-67)76-61-44-42-52(75-62-40-21-22-41-64(62)77-69(75)49-26-9-2-10-27-49)47-59(61)65-63(76)45-43-58-57-38-19-20-39-60(57)74(66(58)65)51-29-11-3-12-30-51/h1-47,69H. The molecule has 3 aromatic heterocycles. The van der Waals surface area contributed by atoms with Crippen LogP contribution in [0.4, 0.5) is 11.4 Å². The highest BCUT2D eigenvalue weighted by Gasteiger charge is 2.42. The lowest BCUT2D eigenvalue weighted by molar-refractivity contribution is 0.240. The molecule has 0 N–H and O–H groups in total. The van der Waals surface area contributed by atoms with Gasteiger partial charge in [0, 0.05) is 49.6 Å². The van der Waals surface area contributed by atoms with Crippen LogP contribution in [0.25, 0.3) is 78.0 Å². The first-order valence-electron chi connectivity index (χ1n) is 26.5. The van der Waals surface area contributed by atoms with Crippen LogP contribution in [0.2, 0.25) is 0 Å². The summed E-state index contributed by atoms with van der Waals surface area (Å²) in [5, 5.41) is 9.59. The fourth-order valence-corrected chi connectivity index (χ4v) is 17.0. The summed E-state index contributed by atoms with van der Waals surface area (Å²) in [4.78, 5) is 18.8. The molecule has 15 rings (SSSR count). The molecule has 0 amide bonds. The van der Waals surface area contributed by atoms with Crippen LogP contribution in [0.3, 0.4) is 0 Å². The highest BCUT2D eigenvalue weighted by atomic mass is 28.3. The molecule has 368 valence electrons. The second-order valence-electron chi connectivity index (χ2n) is 19.9. The number of hydrogen-bond acceptors (Lipinski definition) is 5. The number of aromatic nitrogens is 5. The van der Waals surface area contributed by atoms with E-state index in [1.165, 1.54) is 26.1 Å². The van der Waals surface area contributed by atoms with Crippen LogP contribution < -0.4 is 30.4 Å². The summed E-state index contributed by atoms with van der Waals surface area (Å²) < 4.78 is 11.5. The van der Waals surface area contributed by atoms with Crippen molar-refractivity contribution in [2.45, 2.75) is 6.23 Å². The Hall–Kier alpha value is -10.2. The average Bonchev–Trinajstić information content (AvgIpc) is 4.32. The molecule has 0 aliphatic carbocycles. The van der Waals surface area contributed by atoms with Gasteiger partial charge in [-0.1, -0.05) is 231 Å². The normalized spacial score (nSPS) is 13.3. The summed E-state index contributed by atoms with van der Waals surface area (Å²) in [5.74, 6) is 2.53. The number of ether oxygens (including phenoxy) is 1. The van der Waals surface area contributed by atoms with E-state index in [9.17, 15) is 0 Å². The quantitative estimate of drug-likeness (QED) is 0.101. The van der Waals surface area contributed by atoms with Crippen molar-refractivity contribution in [1.29, 1.82) is 0 Å². The van der Waals surface area contributed by atoms with E-state index in [0.717, 1.165) is 77.7 Å². The highest BCUT2D eigenvalue weighted by molar-refractivity contribution is 7.19. The summed E-state index contributed by atoms with van der Waals surface area (Å²) in [6, 6.07) is 102. The third-order valence-electron chi connectivity index (χ3n) is 15.6. The van der Waals surface area contributed by atoms with Crippen molar-refractivity contribution >= 4 is 83.8 Å². The molecular formula is C70H48N6OSi. The predicted octanol–water partition coefficient (Wildman–Crippen LogP) is 14.0. The van der Waals surface area contributed by atoms with E-state index in [-0.39, 0.29) is 6.23 Å². The number of anilines is 2. The minimum atomic E-state index is -2.91. The molecule has 0 radical (unpaired) electrons. The smallest absolute Gasteiger partial charge is 0.238 e. The third kappa shape index (κ3) is 7.22. The summed E-state index contributed by atoms with van der Waals surface area (Å²) in [6.07, 6.45) is -0.382. The van der Waals surface area contributed by atoms with Gasteiger partial charge >= 0.3 is 0 Å². The van der Waals surface area contributed by atoms with E-state index in [1.54, 1.807) is 0 Å². The van der Waals surface area contributed by atoms with Gasteiger partial charge in [-0.3, -0.25) is 9.47 Å². The van der Waals surface area contributed by atoms with E-state index in [2.05, 4.69) is 275 Å². The number of hydrogen-bond donors (Lipinski definition) is 0. The summed E-state index contributed by atoms with van der Waals surface area (Å²) >= 11 is 0. The third-order valence-corrected chi connectivity index (χ3v) is 20.3. The predicted molar refractivity (Wildman–Crippen MR) is 321 cm³/mol. The Balaban J connectivity index is 1.02. The number of benzene rings is 11. The van der Waals surface area contributed by atoms with Gasteiger partial charge in [-0.05, 0) is 75.3 Å². The van der Waals surface area contributed by atoms with Gasteiger partial charge in [0.2, 0.25) is 12.2 Å². The maximum atomic E-state index is 6.83. The first-order valence-corrected chi connectivity index (χ1v) is 28.5. The lowest BCUT2D eigenvalue weighted by Gasteiger charge is -2.34. The monoisotopic (exact) mass is 1020 g/mol. The zero-order chi connectivity index (χ0) is 51.6. The molecule has 8 heteroatoms. The van der Waals surface area contributed by atoms with Gasteiger partial charge < -0.3 is 9.30 Å². The molecule has 14 aromatic rings. The Kier molecular flexibility index (Phi) is 10.8. The average molecular weight is 1020 g/mol. The number of fused-ring (bicyclic) bond motifs is 8. The summed E-state index contributed by atoms with van der Waals surface area (Å²) in [5.41, 5.74) is 10.1. The fraction of sp³-hybridized carbons (Fsp3) is 0.0143. The van der Waals surface area contributed by atoms with Crippen molar-refractivity contribution < 1.29 is 4.74 Å². The Morgan fingerprint density at radius 1 is 0.359 bits per heavy atom. The summed E-state index contributed by atoms with van der Waals surface area (Å²) in [6.45, 7) is 0. The Bertz CT molecular complexity index is 4440. The molecule has 0 fully saturated rings. The van der Waals surface area contributed by atoms with Crippen LogP contribution in [0.15, 0.2) is 285 Å². The van der Waals surface area contributed by atoms with Crippen LogP contribution in [0, 0.1) is 0 Å². The Morgan fingerprint density at radius 2 is 0.897 bits per heavy atom. The van der Waals surface area contributed by atoms with Gasteiger partial charge in [0.05, 0.1) is 27.8 Å². The molecule has 1 aliphatic heterocycles. The molecule has 0 spiro atoms. The minimum absolute atomic E-state index is 0.382. The van der Waals surface area contributed by atoms with Crippen LogP contribution in [0.5, 0.6) is 5.75 Å². The molecule has 0 saturated heterocycles. The van der Waals surface area contributed by atoms with Crippen molar-refractivity contribution in [3.8, 4) is 40.2 Å². The highest BCUT2D eigenvalue weighted by Crippen LogP contribution is 2.50. The van der Waals surface area contributed by atoms with Crippen LogP contribution in [0.1, 0.15) is 11.8 Å². The topological polar surface area (TPSA) is 61.0 Å². The molecule has 4 heterocycles. The van der Waals surface area contributed by atoms with Crippen LogP contribution >= 0.6 is 0 Å². The molecular weight excluding hydrogens is 969 g/mol. The van der Waals surface area contributed by atoms with Crippen molar-refractivity contribution in [1.82, 2.24) is 24.1 Å². The first-order chi connectivity index (χ1) is 38.7. The molecule has 78 heavy (non-hydrogen) atoms. The largest absolute Gasteiger partial charge is 0.464 e. The second kappa shape index (κ2) is 18.6. The lowest BCUT2D eigenvalue weighted by Crippen LogP contribution is -2.74. The van der Waals surface area contributed by atoms with E-state index in [0.29, 0.717) is 17.6 Å². The lowest BCUT2D eigenvalue weighted by atomic mass is 10.1. The first kappa shape index (κ1) is 45.3. The van der Waals surface area contributed by atoms with Gasteiger partial charge in [0.15, 0.2) is 19.7 Å². The molecule has 1 atom stereocenters. The maximum absolute atomic E-state index is 6.83.